The second-order valence-electron chi connectivity index (χ2n) is 7.33. The van der Waals surface area contributed by atoms with Gasteiger partial charge in [0.15, 0.2) is 0 Å². The molecule has 1 fully saturated rings. The van der Waals surface area contributed by atoms with E-state index >= 15 is 0 Å². The van der Waals surface area contributed by atoms with E-state index in [9.17, 15) is 4.79 Å². The fourth-order valence-corrected chi connectivity index (χ4v) is 4.17. The molecule has 0 unspecified atom stereocenters. The van der Waals surface area contributed by atoms with Crippen LogP contribution in [-0.2, 0) is 6.54 Å². The molecule has 1 aromatic carbocycles. The van der Waals surface area contributed by atoms with E-state index in [1.165, 1.54) is 0 Å². The Bertz CT molecular complexity index is 1000. The fourth-order valence-electron chi connectivity index (χ4n) is 3.97. The van der Waals surface area contributed by atoms with Gasteiger partial charge in [0.25, 0.3) is 5.91 Å². The fraction of sp³-hybridized carbons (Fsp3) is 0.348. The number of pyridine rings is 2. The zero-order valence-corrected chi connectivity index (χ0v) is 17.2. The van der Waals surface area contributed by atoms with Crippen molar-refractivity contribution in [3.05, 3.63) is 65.1 Å². The van der Waals surface area contributed by atoms with Gasteiger partial charge in [-0.2, -0.15) is 0 Å². The number of benzene rings is 1. The van der Waals surface area contributed by atoms with Crippen LogP contribution in [0.3, 0.4) is 0 Å². The van der Waals surface area contributed by atoms with Gasteiger partial charge in [-0.3, -0.25) is 9.78 Å². The van der Waals surface area contributed by atoms with Crippen molar-refractivity contribution in [2.24, 2.45) is 0 Å². The van der Waals surface area contributed by atoms with E-state index < -0.39 is 0 Å². The third-order valence-electron chi connectivity index (χ3n) is 5.42. The van der Waals surface area contributed by atoms with Gasteiger partial charge >= 0.3 is 0 Å². The highest BCUT2D eigenvalue weighted by Crippen LogP contribution is 2.30. The molecule has 6 heteroatoms. The number of halogens is 1. The van der Waals surface area contributed by atoms with Crippen molar-refractivity contribution in [1.29, 1.82) is 0 Å². The third kappa shape index (κ3) is 4.35. The molecular weight excluding hydrogens is 386 g/mol. The lowest BCUT2D eigenvalue weighted by atomic mass is 10.1. The maximum atomic E-state index is 13.3. The Morgan fingerprint density at radius 1 is 1.17 bits per heavy atom. The molecule has 0 N–H and O–H groups in total. The highest BCUT2D eigenvalue weighted by atomic mass is 35.5. The predicted octanol–water partition coefficient (Wildman–Crippen LogP) is 5.27. The first-order valence-corrected chi connectivity index (χ1v) is 10.5. The zero-order chi connectivity index (χ0) is 20.2. The number of amides is 1. The molecule has 1 aliphatic carbocycles. The van der Waals surface area contributed by atoms with Crippen molar-refractivity contribution in [3.63, 3.8) is 0 Å². The maximum Gasteiger partial charge on any atom is 0.254 e. The van der Waals surface area contributed by atoms with Gasteiger partial charge in [0.1, 0.15) is 10.9 Å². The van der Waals surface area contributed by atoms with Crippen LogP contribution in [0.4, 0.5) is 0 Å². The molecule has 29 heavy (non-hydrogen) atoms. The van der Waals surface area contributed by atoms with Gasteiger partial charge in [-0.15, -0.1) is 0 Å². The van der Waals surface area contributed by atoms with E-state index in [0.717, 1.165) is 47.9 Å². The van der Waals surface area contributed by atoms with Crippen LogP contribution in [0.25, 0.3) is 10.9 Å². The Morgan fingerprint density at radius 2 is 1.93 bits per heavy atom. The molecule has 1 saturated carbocycles. The minimum atomic E-state index is 0.0125. The highest BCUT2D eigenvalue weighted by molar-refractivity contribution is 6.30. The molecule has 0 bridgehead atoms. The average molecular weight is 410 g/mol. The molecule has 0 saturated heterocycles. The average Bonchev–Trinajstić information content (AvgIpc) is 3.27. The lowest BCUT2D eigenvalue weighted by Gasteiger charge is -2.29. The van der Waals surface area contributed by atoms with Gasteiger partial charge < -0.3 is 9.64 Å². The Kier molecular flexibility index (Phi) is 5.95. The number of carbonyl (C=O) groups is 1. The van der Waals surface area contributed by atoms with Crippen LogP contribution in [0.1, 0.15) is 48.5 Å². The quantitative estimate of drug-likeness (QED) is 0.520. The molecule has 0 spiro atoms. The summed E-state index contributed by atoms with van der Waals surface area (Å²) in [7, 11) is 0. The number of fused-ring (bicyclic) bond motifs is 1. The number of carbonyl (C=O) groups excluding carboxylic acids is 1. The summed E-state index contributed by atoms with van der Waals surface area (Å²) in [5, 5.41) is 1.39. The van der Waals surface area contributed by atoms with Crippen LogP contribution in [-0.4, -0.2) is 33.4 Å². The molecule has 5 nitrogen and oxygen atoms in total. The first-order valence-electron chi connectivity index (χ1n) is 10.1. The van der Waals surface area contributed by atoms with Crippen molar-refractivity contribution in [1.82, 2.24) is 14.9 Å². The topological polar surface area (TPSA) is 55.3 Å². The Balaban J connectivity index is 1.68. The normalized spacial score (nSPS) is 14.3. The van der Waals surface area contributed by atoms with Gasteiger partial charge in [0.2, 0.25) is 0 Å². The smallest absolute Gasteiger partial charge is 0.254 e. The molecule has 2 heterocycles. The largest absolute Gasteiger partial charge is 0.494 e. The summed E-state index contributed by atoms with van der Waals surface area (Å²) in [4.78, 5) is 23.8. The number of hydrogen-bond donors (Lipinski definition) is 0. The molecule has 1 aliphatic rings. The molecule has 3 aromatic rings. The summed E-state index contributed by atoms with van der Waals surface area (Å²) in [5.41, 5.74) is 2.31. The summed E-state index contributed by atoms with van der Waals surface area (Å²) >= 11 is 6.52. The van der Waals surface area contributed by atoms with Crippen LogP contribution in [0.5, 0.6) is 5.75 Å². The van der Waals surface area contributed by atoms with E-state index in [0.29, 0.717) is 23.9 Å². The molecule has 0 radical (unpaired) electrons. The molecular formula is C23H24ClN3O2. The van der Waals surface area contributed by atoms with E-state index in [1.54, 1.807) is 24.5 Å². The van der Waals surface area contributed by atoms with Crippen molar-refractivity contribution in [2.75, 3.05) is 6.61 Å². The highest BCUT2D eigenvalue weighted by Gasteiger charge is 2.28. The predicted molar refractivity (Wildman–Crippen MR) is 114 cm³/mol. The minimum absolute atomic E-state index is 0.0125. The first-order chi connectivity index (χ1) is 14.2. The van der Waals surface area contributed by atoms with Crippen LogP contribution in [0.15, 0.2) is 48.8 Å². The van der Waals surface area contributed by atoms with E-state index in [2.05, 4.69) is 9.97 Å². The summed E-state index contributed by atoms with van der Waals surface area (Å²) in [6, 6.07) is 11.5. The molecule has 2 aromatic heterocycles. The second-order valence-corrected chi connectivity index (χ2v) is 7.69. The number of rotatable bonds is 6. The van der Waals surface area contributed by atoms with Crippen LogP contribution < -0.4 is 4.74 Å². The van der Waals surface area contributed by atoms with Crippen molar-refractivity contribution in [3.8, 4) is 5.75 Å². The van der Waals surface area contributed by atoms with Crippen molar-refractivity contribution < 1.29 is 9.53 Å². The Hall–Kier alpha value is -2.66. The standard InChI is InChI=1S/C23H24ClN3O2/c1-2-29-20-7-8-21-17(14-20)13-18(22(24)26-21)15-27(19-5-3-4-6-19)23(28)16-9-11-25-12-10-16/h7-14,19H,2-6,15H2,1H3. The van der Waals surface area contributed by atoms with Gasteiger partial charge in [-0.25, -0.2) is 4.98 Å². The van der Waals surface area contributed by atoms with Crippen LogP contribution in [0.2, 0.25) is 5.15 Å². The second kappa shape index (κ2) is 8.78. The molecule has 1 amide bonds. The van der Waals surface area contributed by atoms with Crippen molar-refractivity contribution in [2.45, 2.75) is 45.2 Å². The van der Waals surface area contributed by atoms with Gasteiger partial charge in [0.05, 0.1) is 12.1 Å². The molecule has 0 atom stereocenters. The maximum absolute atomic E-state index is 13.3. The summed E-state index contributed by atoms with van der Waals surface area (Å²) in [5.74, 6) is 0.814. The Labute approximate surface area is 175 Å². The number of aromatic nitrogens is 2. The van der Waals surface area contributed by atoms with Gasteiger partial charge in [0, 0.05) is 41.5 Å². The van der Waals surface area contributed by atoms with Crippen LogP contribution >= 0.6 is 11.6 Å². The minimum Gasteiger partial charge on any atom is -0.494 e. The van der Waals surface area contributed by atoms with E-state index in [-0.39, 0.29) is 11.9 Å². The van der Waals surface area contributed by atoms with Crippen LogP contribution in [0, 0.1) is 0 Å². The number of nitrogens with zero attached hydrogens (tertiary/aromatic N) is 3. The lowest BCUT2D eigenvalue weighted by Crippen LogP contribution is -2.38. The van der Waals surface area contributed by atoms with E-state index in [1.807, 2.05) is 36.1 Å². The summed E-state index contributed by atoms with van der Waals surface area (Å²) < 4.78 is 5.61. The van der Waals surface area contributed by atoms with Crippen molar-refractivity contribution >= 4 is 28.4 Å². The van der Waals surface area contributed by atoms with Gasteiger partial charge in [-0.05, 0) is 56.2 Å². The number of hydrogen-bond acceptors (Lipinski definition) is 4. The number of ether oxygens (including phenoxy) is 1. The monoisotopic (exact) mass is 409 g/mol. The molecule has 0 aliphatic heterocycles. The third-order valence-corrected chi connectivity index (χ3v) is 5.74. The molecule has 150 valence electrons. The summed E-state index contributed by atoms with van der Waals surface area (Å²) in [6.07, 6.45) is 7.63. The Morgan fingerprint density at radius 3 is 2.66 bits per heavy atom. The lowest BCUT2D eigenvalue weighted by molar-refractivity contribution is 0.0664. The molecule has 4 rings (SSSR count). The summed E-state index contributed by atoms with van der Waals surface area (Å²) in [6.45, 7) is 3.00. The first kappa shape index (κ1) is 19.6. The van der Waals surface area contributed by atoms with Gasteiger partial charge in [-0.1, -0.05) is 24.4 Å². The SMILES string of the molecule is CCOc1ccc2nc(Cl)c(CN(C(=O)c3ccncc3)C3CCCC3)cc2c1. The zero-order valence-electron chi connectivity index (χ0n) is 16.5. The van der Waals surface area contributed by atoms with E-state index in [4.69, 9.17) is 16.3 Å².